The molecule has 0 fully saturated rings. The third kappa shape index (κ3) is 3.64. The van der Waals surface area contributed by atoms with Crippen molar-refractivity contribution in [1.82, 2.24) is 4.90 Å². The van der Waals surface area contributed by atoms with Crippen LogP contribution < -0.4 is 5.32 Å². The maximum atomic E-state index is 12.3. The lowest BCUT2D eigenvalue weighted by atomic mass is 9.87. The Bertz CT molecular complexity index is 778. The second kappa shape index (κ2) is 7.29. The number of hydrogen-bond acceptors (Lipinski definition) is 3. The quantitative estimate of drug-likeness (QED) is 0.938. The Hall–Kier alpha value is -2.64. The summed E-state index contributed by atoms with van der Waals surface area (Å²) in [5, 5.41) is 11.8. The van der Waals surface area contributed by atoms with Gasteiger partial charge in [-0.25, -0.2) is 0 Å². The second-order valence-electron chi connectivity index (χ2n) is 6.26. The van der Waals surface area contributed by atoms with Crippen molar-refractivity contribution < 1.29 is 4.79 Å². The van der Waals surface area contributed by atoms with Crippen molar-refractivity contribution in [3.8, 4) is 6.07 Å². The smallest absolute Gasteiger partial charge is 0.238 e. The van der Waals surface area contributed by atoms with E-state index in [0.717, 1.165) is 19.3 Å². The third-order valence-electron chi connectivity index (χ3n) is 4.54. The maximum absolute atomic E-state index is 12.3. The summed E-state index contributed by atoms with van der Waals surface area (Å²) in [6.45, 7) is 0.329. The number of amides is 1. The van der Waals surface area contributed by atoms with Crippen molar-refractivity contribution in [2.24, 2.45) is 0 Å². The van der Waals surface area contributed by atoms with E-state index in [1.807, 2.05) is 7.05 Å². The fraction of sp³-hybridized carbons (Fsp3) is 0.300. The van der Waals surface area contributed by atoms with Gasteiger partial charge in [0.2, 0.25) is 5.91 Å². The monoisotopic (exact) mass is 319 g/mol. The summed E-state index contributed by atoms with van der Waals surface area (Å²) in [4.78, 5) is 14.5. The van der Waals surface area contributed by atoms with Gasteiger partial charge in [0.05, 0.1) is 18.2 Å². The van der Waals surface area contributed by atoms with E-state index in [1.54, 1.807) is 24.3 Å². The highest BCUT2D eigenvalue weighted by Gasteiger charge is 2.24. The minimum Gasteiger partial charge on any atom is -0.325 e. The largest absolute Gasteiger partial charge is 0.325 e. The Labute approximate surface area is 142 Å². The van der Waals surface area contributed by atoms with Crippen LogP contribution in [0, 0.1) is 11.3 Å². The summed E-state index contributed by atoms with van der Waals surface area (Å²) in [6.07, 6.45) is 3.34. The van der Waals surface area contributed by atoms with E-state index in [0.29, 0.717) is 17.8 Å². The normalized spacial score (nSPS) is 16.3. The lowest BCUT2D eigenvalue weighted by Gasteiger charge is -2.32. The number of nitrogens with zero attached hydrogens (tertiary/aromatic N) is 2. The van der Waals surface area contributed by atoms with Crippen molar-refractivity contribution in [3.63, 3.8) is 0 Å². The molecule has 2 aromatic rings. The second-order valence-corrected chi connectivity index (χ2v) is 6.26. The number of fused-ring (bicyclic) bond motifs is 1. The number of benzene rings is 2. The molecule has 0 aliphatic heterocycles. The number of carbonyl (C=O) groups excluding carboxylic acids is 1. The molecule has 0 aromatic heterocycles. The number of nitriles is 1. The number of hydrogen-bond donors (Lipinski definition) is 1. The van der Waals surface area contributed by atoms with Gasteiger partial charge in [0.25, 0.3) is 0 Å². The molecule has 1 amide bonds. The fourth-order valence-electron chi connectivity index (χ4n) is 3.39. The highest BCUT2D eigenvalue weighted by atomic mass is 16.2. The maximum Gasteiger partial charge on any atom is 0.238 e. The standard InChI is InChI=1S/C20H21N3O/c1-23(19-11-5-8-16-7-2-3-10-18(16)19)14-20(24)22-17-9-4-6-15(12-17)13-21/h2-4,6-7,9-10,12,19H,5,8,11,14H2,1H3,(H,22,24)/t19-/m1/s1. The average Bonchev–Trinajstić information content (AvgIpc) is 2.61. The summed E-state index contributed by atoms with van der Waals surface area (Å²) in [6, 6.07) is 17.9. The van der Waals surface area contributed by atoms with Crippen molar-refractivity contribution in [1.29, 1.82) is 5.26 Å². The predicted octanol–water partition coefficient (Wildman–Crippen LogP) is 3.51. The average molecular weight is 319 g/mol. The van der Waals surface area contributed by atoms with Gasteiger partial charge in [0.1, 0.15) is 0 Å². The van der Waals surface area contributed by atoms with Gasteiger partial charge in [0.15, 0.2) is 0 Å². The lowest BCUT2D eigenvalue weighted by Crippen LogP contribution is -2.34. The van der Waals surface area contributed by atoms with E-state index in [1.165, 1.54) is 11.1 Å². The minimum absolute atomic E-state index is 0.0596. The van der Waals surface area contributed by atoms with Crippen LogP contribution in [0.4, 0.5) is 5.69 Å². The lowest BCUT2D eigenvalue weighted by molar-refractivity contribution is -0.117. The Morgan fingerprint density at radius 1 is 1.29 bits per heavy atom. The van der Waals surface area contributed by atoms with E-state index in [-0.39, 0.29) is 11.9 Å². The van der Waals surface area contributed by atoms with Gasteiger partial charge in [-0.2, -0.15) is 5.26 Å². The number of anilines is 1. The zero-order chi connectivity index (χ0) is 16.9. The summed E-state index contributed by atoms with van der Waals surface area (Å²) < 4.78 is 0. The number of carbonyl (C=O) groups is 1. The minimum atomic E-state index is -0.0596. The van der Waals surface area contributed by atoms with Crippen LogP contribution in [0.2, 0.25) is 0 Å². The van der Waals surface area contributed by atoms with Gasteiger partial charge in [0, 0.05) is 11.7 Å². The molecular formula is C20H21N3O. The molecule has 1 aliphatic rings. The number of nitrogens with one attached hydrogen (secondary N) is 1. The van der Waals surface area contributed by atoms with Crippen molar-refractivity contribution in [2.45, 2.75) is 25.3 Å². The zero-order valence-corrected chi connectivity index (χ0v) is 13.8. The zero-order valence-electron chi connectivity index (χ0n) is 13.8. The number of rotatable bonds is 4. The van der Waals surface area contributed by atoms with Gasteiger partial charge < -0.3 is 5.32 Å². The topological polar surface area (TPSA) is 56.1 Å². The molecule has 4 heteroatoms. The SMILES string of the molecule is CN(CC(=O)Nc1cccc(C#N)c1)[C@@H]1CCCc2ccccc21. The molecule has 0 unspecified atom stereocenters. The van der Waals surface area contributed by atoms with E-state index in [9.17, 15) is 4.79 Å². The van der Waals surface area contributed by atoms with Gasteiger partial charge in [-0.05, 0) is 55.6 Å². The third-order valence-corrected chi connectivity index (χ3v) is 4.54. The first-order valence-corrected chi connectivity index (χ1v) is 8.25. The molecule has 1 N–H and O–H groups in total. The Kier molecular flexibility index (Phi) is 4.93. The van der Waals surface area contributed by atoms with Crippen LogP contribution in [-0.2, 0) is 11.2 Å². The van der Waals surface area contributed by atoms with E-state index >= 15 is 0 Å². The molecule has 1 aliphatic carbocycles. The van der Waals surface area contributed by atoms with Crippen LogP contribution in [0.15, 0.2) is 48.5 Å². The van der Waals surface area contributed by atoms with Gasteiger partial charge in [-0.15, -0.1) is 0 Å². The van der Waals surface area contributed by atoms with Crippen LogP contribution in [0.1, 0.15) is 35.6 Å². The van der Waals surface area contributed by atoms with Crippen molar-refractivity contribution >= 4 is 11.6 Å². The summed E-state index contributed by atoms with van der Waals surface area (Å²) in [5.74, 6) is -0.0596. The first-order chi connectivity index (χ1) is 11.7. The van der Waals surface area contributed by atoms with Crippen LogP contribution in [0.3, 0.4) is 0 Å². The molecule has 0 radical (unpaired) electrons. The molecule has 3 rings (SSSR count). The van der Waals surface area contributed by atoms with E-state index in [2.05, 4.69) is 40.6 Å². The molecule has 0 saturated heterocycles. The predicted molar refractivity (Wildman–Crippen MR) is 94.5 cm³/mol. The van der Waals surface area contributed by atoms with E-state index < -0.39 is 0 Å². The molecular weight excluding hydrogens is 298 g/mol. The highest BCUT2D eigenvalue weighted by molar-refractivity contribution is 5.92. The van der Waals surface area contributed by atoms with Crippen LogP contribution in [0.25, 0.3) is 0 Å². The molecule has 0 spiro atoms. The first kappa shape index (κ1) is 16.2. The summed E-state index contributed by atoms with van der Waals surface area (Å²) in [5.41, 5.74) is 3.94. The van der Waals surface area contributed by atoms with Crippen LogP contribution >= 0.6 is 0 Å². The summed E-state index contributed by atoms with van der Waals surface area (Å²) in [7, 11) is 2.00. The Morgan fingerprint density at radius 3 is 2.96 bits per heavy atom. The molecule has 2 aromatic carbocycles. The highest BCUT2D eigenvalue weighted by Crippen LogP contribution is 2.33. The van der Waals surface area contributed by atoms with Gasteiger partial charge >= 0.3 is 0 Å². The number of aryl methyl sites for hydroxylation is 1. The molecule has 1 atom stereocenters. The molecule has 4 nitrogen and oxygen atoms in total. The molecule has 122 valence electrons. The Balaban J connectivity index is 1.66. The molecule has 24 heavy (non-hydrogen) atoms. The van der Waals surface area contributed by atoms with Crippen LogP contribution in [0.5, 0.6) is 0 Å². The molecule has 0 heterocycles. The molecule has 0 bridgehead atoms. The van der Waals surface area contributed by atoms with Crippen molar-refractivity contribution in [3.05, 3.63) is 65.2 Å². The summed E-state index contributed by atoms with van der Waals surface area (Å²) >= 11 is 0. The first-order valence-electron chi connectivity index (χ1n) is 8.25. The van der Waals surface area contributed by atoms with Crippen molar-refractivity contribution in [2.75, 3.05) is 18.9 Å². The van der Waals surface area contributed by atoms with E-state index in [4.69, 9.17) is 5.26 Å². The van der Waals surface area contributed by atoms with Gasteiger partial charge in [-0.1, -0.05) is 30.3 Å². The van der Waals surface area contributed by atoms with Gasteiger partial charge in [-0.3, -0.25) is 9.69 Å². The fourth-order valence-corrected chi connectivity index (χ4v) is 3.39. The Morgan fingerprint density at radius 2 is 2.12 bits per heavy atom. The van der Waals surface area contributed by atoms with Crippen LogP contribution in [-0.4, -0.2) is 24.4 Å². The number of likely N-dealkylation sites (N-methyl/N-ethyl adjacent to an activating group) is 1. The molecule has 0 saturated carbocycles.